The molecule has 0 radical (unpaired) electrons. The molecular weight excluding hydrogens is 238 g/mol. The highest BCUT2D eigenvalue weighted by molar-refractivity contribution is 7.79. The van der Waals surface area contributed by atoms with E-state index >= 15 is 0 Å². The lowest BCUT2D eigenvalue weighted by Gasteiger charge is -2.15. The van der Waals surface area contributed by atoms with Gasteiger partial charge in [-0.05, 0) is 33.1 Å². The monoisotopic (exact) mass is 275 g/mol. The molecule has 0 amide bonds. The predicted molar refractivity (Wildman–Crippen MR) is 95.7 cm³/mol. The fourth-order valence-corrected chi connectivity index (χ4v) is 0.359. The van der Waals surface area contributed by atoms with E-state index in [-0.39, 0.29) is 0 Å². The average molecular weight is 276 g/mol. The zero-order chi connectivity index (χ0) is 16.0. The lowest BCUT2D eigenvalue weighted by molar-refractivity contribution is 0.458. The number of likely N-dealkylation sites (N-methyl/N-ethyl adjacent to an activating group) is 1. The quantitative estimate of drug-likeness (QED) is 0.386. The fourth-order valence-electron chi connectivity index (χ4n) is 0.359. The van der Waals surface area contributed by atoms with E-state index in [9.17, 15) is 0 Å². The second-order valence-electron chi connectivity index (χ2n) is 2.38. The molecule has 0 aromatic carbocycles. The normalized spacial score (nSPS) is 6.78. The van der Waals surface area contributed by atoms with Crippen molar-refractivity contribution >= 4 is 12.6 Å². The Bertz CT molecular complexity index is 147. The minimum absolute atomic E-state index is 0.979. The first-order valence-corrected chi connectivity index (χ1v) is 7.57. The van der Waals surface area contributed by atoms with E-state index in [1.54, 1.807) is 12.3 Å². The first-order valence-electron chi connectivity index (χ1n) is 6.68. The number of rotatable bonds is 3. The molecule has 112 valence electrons. The van der Waals surface area contributed by atoms with Crippen LogP contribution in [0.1, 0.15) is 48.5 Å². The number of hydrogen-bond donors (Lipinski definition) is 1. The van der Waals surface area contributed by atoms with Gasteiger partial charge in [0.25, 0.3) is 0 Å². The molecular formula is C16H37NS. The standard InChI is InChI=1S/C7H13N.C4H8.2C2H6.CH4S/c1-5-7(3)8(4)6-2;1-3-4-2;3*1-2/h5H,1,3,6H2,2,4H3;3-4H,1-2H3;2*1-2H3;2H,1H3/b;4-3-;;;. The topological polar surface area (TPSA) is 3.24 Å². The second-order valence-corrected chi connectivity index (χ2v) is 2.38. The molecule has 0 aromatic heterocycles. The molecule has 1 nitrogen and oxygen atoms in total. The molecule has 0 rings (SSSR count). The van der Waals surface area contributed by atoms with Gasteiger partial charge in [0.1, 0.15) is 0 Å². The van der Waals surface area contributed by atoms with Crippen LogP contribution < -0.4 is 0 Å². The second kappa shape index (κ2) is 44.0. The number of nitrogens with zero attached hydrogens (tertiary/aromatic N) is 1. The fraction of sp³-hybridized carbons (Fsp3) is 0.625. The molecule has 0 bridgehead atoms. The van der Waals surface area contributed by atoms with Gasteiger partial charge in [0, 0.05) is 19.3 Å². The average Bonchev–Trinajstić information content (AvgIpc) is 2.51. The van der Waals surface area contributed by atoms with Crippen molar-refractivity contribution in [3.8, 4) is 0 Å². The molecule has 0 atom stereocenters. The van der Waals surface area contributed by atoms with Crippen molar-refractivity contribution in [3.63, 3.8) is 0 Å². The van der Waals surface area contributed by atoms with Crippen molar-refractivity contribution in [1.29, 1.82) is 0 Å². The lowest BCUT2D eigenvalue weighted by atomic mass is 10.4. The summed E-state index contributed by atoms with van der Waals surface area (Å²) in [7, 11) is 1.99. The zero-order valence-corrected chi connectivity index (χ0v) is 15.1. The van der Waals surface area contributed by atoms with E-state index in [1.807, 2.05) is 65.6 Å². The summed E-state index contributed by atoms with van der Waals surface area (Å²) in [5, 5.41) is 0. The third kappa shape index (κ3) is 45.3. The third-order valence-corrected chi connectivity index (χ3v) is 1.53. The minimum atomic E-state index is 0.979. The molecule has 0 aliphatic carbocycles. The Kier molecular flexibility index (Phi) is 74.4. The van der Waals surface area contributed by atoms with Gasteiger partial charge < -0.3 is 4.90 Å². The Morgan fingerprint density at radius 2 is 1.33 bits per heavy atom. The van der Waals surface area contributed by atoms with Crippen LogP contribution in [0.2, 0.25) is 0 Å². The maximum absolute atomic E-state index is 3.75. The van der Waals surface area contributed by atoms with E-state index in [2.05, 4.69) is 32.7 Å². The number of allylic oxidation sites excluding steroid dienone is 3. The largest absolute Gasteiger partial charge is 0.375 e. The Morgan fingerprint density at radius 3 is 1.39 bits per heavy atom. The maximum atomic E-state index is 3.75. The molecule has 0 saturated carbocycles. The van der Waals surface area contributed by atoms with Crippen molar-refractivity contribution in [2.24, 2.45) is 0 Å². The number of hydrogen-bond acceptors (Lipinski definition) is 2. The first-order chi connectivity index (χ1) is 8.63. The summed E-state index contributed by atoms with van der Waals surface area (Å²) in [6, 6.07) is 0. The van der Waals surface area contributed by atoms with Gasteiger partial charge >= 0.3 is 0 Å². The molecule has 2 heteroatoms. The first kappa shape index (κ1) is 30.4. The van der Waals surface area contributed by atoms with Crippen LogP contribution >= 0.6 is 12.6 Å². The summed E-state index contributed by atoms with van der Waals surface area (Å²) in [4.78, 5) is 2.03. The predicted octanol–water partition coefficient (Wildman–Crippen LogP) is 5.82. The van der Waals surface area contributed by atoms with Crippen LogP contribution in [0.5, 0.6) is 0 Å². The van der Waals surface area contributed by atoms with E-state index < -0.39 is 0 Å². The van der Waals surface area contributed by atoms with Crippen molar-refractivity contribution in [1.82, 2.24) is 4.90 Å². The van der Waals surface area contributed by atoms with Gasteiger partial charge in [0.2, 0.25) is 0 Å². The third-order valence-electron chi connectivity index (χ3n) is 1.53. The van der Waals surface area contributed by atoms with Crippen LogP contribution in [0, 0.1) is 0 Å². The SMILES string of the molecule is C/C=C\C.C=CC(=C)N(C)CC.CC.CC.CS. The van der Waals surface area contributed by atoms with E-state index in [1.165, 1.54) is 0 Å². The summed E-state index contributed by atoms with van der Waals surface area (Å²) in [5.74, 6) is 0. The zero-order valence-electron chi connectivity index (χ0n) is 14.2. The van der Waals surface area contributed by atoms with Crippen molar-refractivity contribution in [2.45, 2.75) is 48.5 Å². The molecule has 0 spiro atoms. The van der Waals surface area contributed by atoms with Crippen molar-refractivity contribution < 1.29 is 0 Å². The van der Waals surface area contributed by atoms with Gasteiger partial charge in [-0.3, -0.25) is 0 Å². The lowest BCUT2D eigenvalue weighted by Crippen LogP contribution is -2.13. The Hall–Kier alpha value is -0.630. The van der Waals surface area contributed by atoms with Gasteiger partial charge in [0.15, 0.2) is 0 Å². The van der Waals surface area contributed by atoms with Crippen LogP contribution in [0.25, 0.3) is 0 Å². The summed E-state index contributed by atoms with van der Waals surface area (Å²) in [6.45, 7) is 22.4. The highest BCUT2D eigenvalue weighted by Crippen LogP contribution is 1.95. The molecule has 0 aromatic rings. The maximum Gasteiger partial charge on any atom is 0.0284 e. The Balaban J connectivity index is -0.0000000477. The van der Waals surface area contributed by atoms with E-state index in [4.69, 9.17) is 0 Å². The van der Waals surface area contributed by atoms with Crippen molar-refractivity contribution in [2.75, 3.05) is 19.8 Å². The van der Waals surface area contributed by atoms with Gasteiger partial charge in [-0.15, -0.1) is 0 Å². The molecule has 0 unspecified atom stereocenters. The summed E-state index contributed by atoms with van der Waals surface area (Å²) >= 11 is 3.53. The van der Waals surface area contributed by atoms with Crippen LogP contribution in [0.3, 0.4) is 0 Å². The highest BCUT2D eigenvalue weighted by atomic mass is 32.1. The van der Waals surface area contributed by atoms with Crippen LogP contribution in [0.4, 0.5) is 0 Å². The van der Waals surface area contributed by atoms with Crippen LogP contribution in [-0.4, -0.2) is 24.7 Å². The molecule has 0 fully saturated rings. The number of thiol groups is 1. The summed E-state index contributed by atoms with van der Waals surface area (Å²) in [5.41, 5.74) is 0.979. The molecule has 0 aliphatic heterocycles. The van der Waals surface area contributed by atoms with Gasteiger partial charge in [-0.25, -0.2) is 0 Å². The van der Waals surface area contributed by atoms with Crippen LogP contribution in [-0.2, 0) is 0 Å². The highest BCUT2D eigenvalue weighted by Gasteiger charge is 1.89. The van der Waals surface area contributed by atoms with Gasteiger partial charge in [0.05, 0.1) is 0 Å². The summed E-state index contributed by atoms with van der Waals surface area (Å²) < 4.78 is 0. The molecule has 0 saturated heterocycles. The molecule has 18 heavy (non-hydrogen) atoms. The van der Waals surface area contributed by atoms with Gasteiger partial charge in [-0.1, -0.05) is 53.0 Å². The van der Waals surface area contributed by atoms with Crippen molar-refractivity contribution in [3.05, 3.63) is 37.1 Å². The molecule has 0 N–H and O–H groups in total. The Labute approximate surface area is 123 Å². The summed E-state index contributed by atoms with van der Waals surface area (Å²) in [6.07, 6.45) is 7.45. The minimum Gasteiger partial charge on any atom is -0.375 e. The van der Waals surface area contributed by atoms with E-state index in [0.717, 1.165) is 12.2 Å². The molecule has 0 aliphatic rings. The van der Waals surface area contributed by atoms with Crippen LogP contribution in [0.15, 0.2) is 37.1 Å². The van der Waals surface area contributed by atoms with Gasteiger partial charge in [-0.2, -0.15) is 12.6 Å². The van der Waals surface area contributed by atoms with E-state index in [0.29, 0.717) is 0 Å². The Morgan fingerprint density at radius 1 is 1.06 bits per heavy atom. The smallest absolute Gasteiger partial charge is 0.0284 e. The molecule has 0 heterocycles.